The van der Waals surface area contributed by atoms with E-state index >= 15 is 0 Å². The zero-order chi connectivity index (χ0) is 13.4. The smallest absolute Gasteiger partial charge is 0.193 e. The first-order chi connectivity index (χ1) is 9.13. The van der Waals surface area contributed by atoms with Gasteiger partial charge in [0, 0.05) is 34.7 Å². The second kappa shape index (κ2) is 5.07. The molecule has 2 heterocycles. The number of aryl methyl sites for hydroxylation is 1. The molecule has 1 unspecified atom stereocenters. The van der Waals surface area contributed by atoms with Crippen LogP contribution >= 0.6 is 27.3 Å². The first kappa shape index (κ1) is 12.8. The van der Waals surface area contributed by atoms with Crippen LogP contribution in [0.15, 0.2) is 40.4 Å². The molecule has 19 heavy (non-hydrogen) atoms. The van der Waals surface area contributed by atoms with Crippen molar-refractivity contribution in [1.29, 1.82) is 0 Å². The van der Waals surface area contributed by atoms with E-state index in [1.54, 1.807) is 11.3 Å². The predicted octanol–water partition coefficient (Wildman–Crippen LogP) is 3.71. The number of thiazole rings is 1. The molecule has 0 aliphatic heterocycles. The Kier molecular flexibility index (Phi) is 3.43. The van der Waals surface area contributed by atoms with Gasteiger partial charge in [-0.3, -0.25) is 4.40 Å². The quantitative estimate of drug-likeness (QED) is 0.792. The average Bonchev–Trinajstić information content (AvgIpc) is 2.93. The summed E-state index contributed by atoms with van der Waals surface area (Å²) in [6.07, 6.45) is 4.82. The molecule has 2 N–H and O–H groups in total. The molecule has 0 saturated heterocycles. The van der Waals surface area contributed by atoms with E-state index in [9.17, 15) is 0 Å². The number of rotatable bonds is 3. The summed E-state index contributed by atoms with van der Waals surface area (Å²) in [7, 11) is 0. The van der Waals surface area contributed by atoms with E-state index in [2.05, 4.69) is 52.2 Å². The first-order valence-electron chi connectivity index (χ1n) is 6.06. The molecule has 1 aromatic carbocycles. The summed E-state index contributed by atoms with van der Waals surface area (Å²) >= 11 is 5.19. The number of benzene rings is 1. The van der Waals surface area contributed by atoms with Crippen LogP contribution < -0.4 is 5.73 Å². The average molecular weight is 336 g/mol. The largest absolute Gasteiger partial charge is 0.324 e. The molecule has 0 aliphatic rings. The fraction of sp³-hybridized carbons (Fsp3) is 0.214. The minimum Gasteiger partial charge on any atom is -0.324 e. The Morgan fingerprint density at radius 1 is 1.47 bits per heavy atom. The van der Waals surface area contributed by atoms with Crippen LogP contribution in [0.5, 0.6) is 0 Å². The topological polar surface area (TPSA) is 43.3 Å². The number of hydrogen-bond donors (Lipinski definition) is 1. The summed E-state index contributed by atoms with van der Waals surface area (Å²) < 4.78 is 3.14. The van der Waals surface area contributed by atoms with Crippen molar-refractivity contribution in [3.8, 4) is 0 Å². The summed E-state index contributed by atoms with van der Waals surface area (Å²) in [4.78, 5) is 5.59. The minimum atomic E-state index is -0.0264. The Bertz CT molecular complexity index is 688. The number of nitrogens with two attached hydrogens (primary N) is 1. The minimum absolute atomic E-state index is 0.0264. The SMILES string of the molecule is Cc1ccc(C(N)Cc2cn3ccsc3n2)cc1Br. The highest BCUT2D eigenvalue weighted by molar-refractivity contribution is 9.10. The fourth-order valence-electron chi connectivity index (χ4n) is 2.06. The Morgan fingerprint density at radius 2 is 2.32 bits per heavy atom. The van der Waals surface area contributed by atoms with Crippen LogP contribution in [0.4, 0.5) is 0 Å². The Hall–Kier alpha value is -1.17. The van der Waals surface area contributed by atoms with Gasteiger partial charge in [-0.1, -0.05) is 28.1 Å². The highest BCUT2D eigenvalue weighted by Gasteiger charge is 2.11. The summed E-state index contributed by atoms with van der Waals surface area (Å²) in [5, 5.41) is 2.03. The van der Waals surface area contributed by atoms with Crippen LogP contribution in [0.25, 0.3) is 4.96 Å². The van der Waals surface area contributed by atoms with Gasteiger partial charge < -0.3 is 5.73 Å². The van der Waals surface area contributed by atoms with Crippen LogP contribution in [-0.4, -0.2) is 9.38 Å². The monoisotopic (exact) mass is 335 g/mol. The van der Waals surface area contributed by atoms with E-state index in [1.165, 1.54) is 5.56 Å². The van der Waals surface area contributed by atoms with Crippen LogP contribution in [0, 0.1) is 6.92 Å². The fourth-order valence-corrected chi connectivity index (χ4v) is 3.17. The van der Waals surface area contributed by atoms with E-state index < -0.39 is 0 Å². The normalized spacial score (nSPS) is 13.0. The molecule has 0 amide bonds. The maximum absolute atomic E-state index is 6.27. The maximum Gasteiger partial charge on any atom is 0.193 e. The third-order valence-electron chi connectivity index (χ3n) is 3.20. The van der Waals surface area contributed by atoms with Gasteiger partial charge in [-0.25, -0.2) is 4.98 Å². The molecule has 5 heteroatoms. The van der Waals surface area contributed by atoms with Crippen LogP contribution in [-0.2, 0) is 6.42 Å². The van der Waals surface area contributed by atoms with Gasteiger partial charge in [0.05, 0.1) is 5.69 Å². The number of imidazole rings is 1. The van der Waals surface area contributed by atoms with Crippen molar-refractivity contribution < 1.29 is 0 Å². The van der Waals surface area contributed by atoms with Crippen molar-refractivity contribution in [3.05, 3.63) is 57.3 Å². The lowest BCUT2D eigenvalue weighted by molar-refractivity contribution is 0.709. The zero-order valence-corrected chi connectivity index (χ0v) is 12.9. The third-order valence-corrected chi connectivity index (χ3v) is 4.82. The van der Waals surface area contributed by atoms with Gasteiger partial charge in [-0.2, -0.15) is 0 Å². The van der Waals surface area contributed by atoms with E-state index in [4.69, 9.17) is 5.73 Å². The molecule has 3 aromatic rings. The number of aromatic nitrogens is 2. The highest BCUT2D eigenvalue weighted by Crippen LogP contribution is 2.23. The van der Waals surface area contributed by atoms with Crippen molar-refractivity contribution in [1.82, 2.24) is 9.38 Å². The molecule has 0 bridgehead atoms. The summed E-state index contributed by atoms with van der Waals surface area (Å²) in [6, 6.07) is 6.24. The number of fused-ring (bicyclic) bond motifs is 1. The van der Waals surface area contributed by atoms with E-state index in [1.807, 2.05) is 16.0 Å². The van der Waals surface area contributed by atoms with Crippen LogP contribution in [0.1, 0.15) is 22.9 Å². The molecule has 0 saturated carbocycles. The van der Waals surface area contributed by atoms with E-state index in [-0.39, 0.29) is 6.04 Å². The number of nitrogens with zero attached hydrogens (tertiary/aromatic N) is 2. The van der Waals surface area contributed by atoms with Crippen molar-refractivity contribution in [2.75, 3.05) is 0 Å². The van der Waals surface area contributed by atoms with Crippen molar-refractivity contribution in [3.63, 3.8) is 0 Å². The van der Waals surface area contributed by atoms with Crippen molar-refractivity contribution >= 4 is 32.2 Å². The van der Waals surface area contributed by atoms with Crippen LogP contribution in [0.2, 0.25) is 0 Å². The standard InChI is InChI=1S/C14H14BrN3S/c1-9-2-3-10(6-12(9)15)13(16)7-11-8-18-4-5-19-14(18)17-11/h2-6,8,13H,7,16H2,1H3. The summed E-state index contributed by atoms with van der Waals surface area (Å²) in [5.41, 5.74) is 9.66. The van der Waals surface area contributed by atoms with Gasteiger partial charge in [0.25, 0.3) is 0 Å². The Morgan fingerprint density at radius 3 is 3.05 bits per heavy atom. The van der Waals surface area contributed by atoms with Gasteiger partial charge in [-0.05, 0) is 24.1 Å². The van der Waals surface area contributed by atoms with E-state index in [0.717, 1.165) is 27.1 Å². The van der Waals surface area contributed by atoms with Gasteiger partial charge in [-0.15, -0.1) is 11.3 Å². The second-order valence-electron chi connectivity index (χ2n) is 4.64. The Labute approximate surface area is 124 Å². The number of hydrogen-bond acceptors (Lipinski definition) is 3. The zero-order valence-electron chi connectivity index (χ0n) is 10.5. The lowest BCUT2D eigenvalue weighted by Gasteiger charge is -2.11. The molecule has 0 fully saturated rings. The molecule has 0 aliphatic carbocycles. The van der Waals surface area contributed by atoms with Crippen LogP contribution in [0.3, 0.4) is 0 Å². The highest BCUT2D eigenvalue weighted by atomic mass is 79.9. The summed E-state index contributed by atoms with van der Waals surface area (Å²) in [5.74, 6) is 0. The second-order valence-corrected chi connectivity index (χ2v) is 6.37. The third kappa shape index (κ3) is 2.59. The van der Waals surface area contributed by atoms with Gasteiger partial charge in [0.15, 0.2) is 4.96 Å². The molecule has 0 radical (unpaired) electrons. The van der Waals surface area contributed by atoms with Crippen molar-refractivity contribution in [2.24, 2.45) is 5.73 Å². The molecular formula is C14H14BrN3S. The predicted molar refractivity (Wildman–Crippen MR) is 82.6 cm³/mol. The molecule has 98 valence electrons. The molecule has 1 atom stereocenters. The van der Waals surface area contributed by atoms with Gasteiger partial charge in [0.2, 0.25) is 0 Å². The molecule has 3 nitrogen and oxygen atoms in total. The molecule has 2 aromatic heterocycles. The Balaban J connectivity index is 1.82. The first-order valence-corrected chi connectivity index (χ1v) is 7.73. The molecule has 0 spiro atoms. The maximum atomic E-state index is 6.27. The number of halogens is 1. The van der Waals surface area contributed by atoms with Gasteiger partial charge in [0.1, 0.15) is 0 Å². The van der Waals surface area contributed by atoms with Crippen molar-refractivity contribution in [2.45, 2.75) is 19.4 Å². The lowest BCUT2D eigenvalue weighted by Crippen LogP contribution is -2.13. The summed E-state index contributed by atoms with van der Waals surface area (Å²) in [6.45, 7) is 2.07. The van der Waals surface area contributed by atoms with E-state index in [0.29, 0.717) is 0 Å². The lowest BCUT2D eigenvalue weighted by atomic mass is 10.0. The molecule has 3 rings (SSSR count). The molecular weight excluding hydrogens is 322 g/mol. The van der Waals surface area contributed by atoms with Gasteiger partial charge >= 0.3 is 0 Å².